The Morgan fingerprint density at radius 2 is 1.12 bits per heavy atom. The fourth-order valence-corrected chi connectivity index (χ4v) is 5.07. The standard InChI is InChI=1S/C41H68N2O7/c1-3-5-7-9-11-13-15-16-17-19-20-22-24-26-30-36(50-40(47)33-27-25-23-21-18-14-12-10-8-6-4-2)31-28-29-32-38(45)42-34-39(46)43-37(35-44)41(48)49/h5,7,11,13,16-17,20,22,26,30,36-37,44H,3-4,6,8-10,12,14-15,18-19,21,23-25,27-29,31-35H2,1-2H3,(H,42,45)(H,43,46)(H,48,49)/b7-5-,13-11-,17-16-,22-20-,30-26-. The molecule has 0 heterocycles. The molecule has 9 nitrogen and oxygen atoms in total. The van der Waals surface area contributed by atoms with Gasteiger partial charge in [-0.25, -0.2) is 4.79 Å². The van der Waals surface area contributed by atoms with Crippen molar-refractivity contribution >= 4 is 23.8 Å². The van der Waals surface area contributed by atoms with E-state index < -0.39 is 24.5 Å². The van der Waals surface area contributed by atoms with Crippen molar-refractivity contribution in [1.29, 1.82) is 0 Å². The van der Waals surface area contributed by atoms with Crippen LogP contribution in [0.1, 0.15) is 149 Å². The van der Waals surface area contributed by atoms with Crippen LogP contribution in [0.2, 0.25) is 0 Å². The molecular weight excluding hydrogens is 632 g/mol. The van der Waals surface area contributed by atoms with E-state index in [9.17, 15) is 19.2 Å². The molecule has 2 amide bonds. The molecule has 4 N–H and O–H groups in total. The first kappa shape index (κ1) is 46.5. The molecule has 2 atom stereocenters. The van der Waals surface area contributed by atoms with E-state index in [1.165, 1.54) is 51.4 Å². The zero-order chi connectivity index (χ0) is 36.9. The molecule has 0 fully saturated rings. The van der Waals surface area contributed by atoms with Crippen molar-refractivity contribution in [2.75, 3.05) is 13.2 Å². The van der Waals surface area contributed by atoms with E-state index in [1.54, 1.807) is 0 Å². The number of nitrogens with one attached hydrogen (secondary N) is 2. The summed E-state index contributed by atoms with van der Waals surface area (Å²) in [6.45, 7) is 3.26. The van der Waals surface area contributed by atoms with E-state index >= 15 is 0 Å². The number of hydrogen-bond donors (Lipinski definition) is 4. The third-order valence-electron chi connectivity index (χ3n) is 8.01. The molecule has 0 aliphatic heterocycles. The molecule has 0 aromatic rings. The van der Waals surface area contributed by atoms with Crippen LogP contribution in [0.5, 0.6) is 0 Å². The first-order chi connectivity index (χ1) is 24.3. The van der Waals surface area contributed by atoms with Gasteiger partial charge in [-0.15, -0.1) is 0 Å². The van der Waals surface area contributed by atoms with Gasteiger partial charge in [-0.3, -0.25) is 14.4 Å². The van der Waals surface area contributed by atoms with Gasteiger partial charge in [0, 0.05) is 12.8 Å². The minimum Gasteiger partial charge on any atom is -0.480 e. The summed E-state index contributed by atoms with van der Waals surface area (Å²) in [5.74, 6) is -2.58. The highest BCUT2D eigenvalue weighted by atomic mass is 16.5. The van der Waals surface area contributed by atoms with Crippen molar-refractivity contribution in [2.45, 2.75) is 161 Å². The number of aliphatic hydroxyl groups excluding tert-OH is 1. The van der Waals surface area contributed by atoms with E-state index in [2.05, 4.69) is 73.1 Å². The summed E-state index contributed by atoms with van der Waals surface area (Å²) < 4.78 is 5.82. The van der Waals surface area contributed by atoms with Crippen LogP contribution < -0.4 is 10.6 Å². The maximum absolute atomic E-state index is 12.7. The first-order valence-electron chi connectivity index (χ1n) is 19.2. The average Bonchev–Trinajstić information content (AvgIpc) is 3.10. The normalized spacial score (nSPS) is 13.2. The number of carbonyl (C=O) groups excluding carboxylic acids is 3. The number of hydrogen-bond acceptors (Lipinski definition) is 6. The van der Waals surface area contributed by atoms with E-state index in [1.807, 2.05) is 12.2 Å². The Hall–Kier alpha value is -3.46. The molecule has 0 rings (SSSR count). The van der Waals surface area contributed by atoms with Gasteiger partial charge in [-0.2, -0.15) is 0 Å². The minimum absolute atomic E-state index is 0.181. The van der Waals surface area contributed by atoms with Crippen molar-refractivity contribution in [1.82, 2.24) is 10.6 Å². The van der Waals surface area contributed by atoms with E-state index in [0.717, 1.165) is 51.4 Å². The average molecular weight is 701 g/mol. The maximum atomic E-state index is 12.7. The molecule has 0 spiro atoms. The molecule has 0 aromatic heterocycles. The molecule has 50 heavy (non-hydrogen) atoms. The second-order valence-electron chi connectivity index (χ2n) is 12.6. The summed E-state index contributed by atoms with van der Waals surface area (Å²) in [6, 6.07) is -1.41. The highest BCUT2D eigenvalue weighted by molar-refractivity contribution is 5.87. The van der Waals surface area contributed by atoms with Gasteiger partial charge in [0.25, 0.3) is 0 Å². The Morgan fingerprint density at radius 3 is 1.64 bits per heavy atom. The second kappa shape index (κ2) is 35.4. The summed E-state index contributed by atoms with van der Waals surface area (Å²) >= 11 is 0. The number of aliphatic carboxylic acids is 1. The summed E-state index contributed by atoms with van der Waals surface area (Å²) in [7, 11) is 0. The van der Waals surface area contributed by atoms with E-state index in [0.29, 0.717) is 25.7 Å². The Labute approximate surface area is 302 Å². The number of carboxylic acid groups (broad SMARTS) is 1. The summed E-state index contributed by atoms with van der Waals surface area (Å²) in [4.78, 5) is 47.6. The number of amides is 2. The fraction of sp³-hybridized carbons (Fsp3) is 0.659. The molecule has 0 aliphatic rings. The Balaban J connectivity index is 4.61. The lowest BCUT2D eigenvalue weighted by Crippen LogP contribution is -2.47. The largest absolute Gasteiger partial charge is 0.480 e. The number of esters is 1. The third-order valence-corrected chi connectivity index (χ3v) is 8.01. The Bertz CT molecular complexity index is 1030. The zero-order valence-electron chi connectivity index (χ0n) is 31.1. The monoisotopic (exact) mass is 701 g/mol. The molecule has 284 valence electrons. The summed E-state index contributed by atoms with van der Waals surface area (Å²) in [6.07, 6.45) is 41.1. The van der Waals surface area contributed by atoms with Gasteiger partial charge in [0.15, 0.2) is 0 Å². The van der Waals surface area contributed by atoms with Crippen molar-refractivity contribution in [3.05, 3.63) is 60.8 Å². The quantitative estimate of drug-likeness (QED) is 0.0305. The van der Waals surface area contributed by atoms with Crippen molar-refractivity contribution in [3.63, 3.8) is 0 Å². The molecule has 0 saturated carbocycles. The van der Waals surface area contributed by atoms with Gasteiger partial charge in [-0.05, 0) is 63.9 Å². The zero-order valence-corrected chi connectivity index (χ0v) is 31.1. The molecule has 0 saturated heterocycles. The lowest BCUT2D eigenvalue weighted by atomic mass is 10.1. The van der Waals surface area contributed by atoms with E-state index in [4.69, 9.17) is 14.9 Å². The van der Waals surface area contributed by atoms with Crippen molar-refractivity contribution < 1.29 is 34.1 Å². The lowest BCUT2D eigenvalue weighted by molar-refractivity contribution is -0.147. The minimum atomic E-state index is -1.41. The highest BCUT2D eigenvalue weighted by Gasteiger charge is 2.19. The van der Waals surface area contributed by atoms with Crippen LogP contribution in [0.4, 0.5) is 0 Å². The predicted molar refractivity (Wildman–Crippen MR) is 204 cm³/mol. The predicted octanol–water partition coefficient (Wildman–Crippen LogP) is 8.59. The van der Waals surface area contributed by atoms with E-state index in [-0.39, 0.29) is 30.9 Å². The topological polar surface area (TPSA) is 142 Å². The number of carbonyl (C=O) groups is 4. The van der Waals surface area contributed by atoms with Gasteiger partial charge in [0.2, 0.25) is 11.8 Å². The second-order valence-corrected chi connectivity index (χ2v) is 12.6. The Morgan fingerprint density at radius 1 is 0.620 bits per heavy atom. The van der Waals surface area contributed by atoms with Gasteiger partial charge in [0.1, 0.15) is 12.1 Å². The number of aliphatic hydroxyl groups is 1. The fourth-order valence-electron chi connectivity index (χ4n) is 5.07. The molecule has 2 unspecified atom stereocenters. The van der Waals surface area contributed by atoms with Crippen LogP contribution >= 0.6 is 0 Å². The lowest BCUT2D eigenvalue weighted by Gasteiger charge is -2.15. The molecule has 9 heteroatoms. The first-order valence-corrected chi connectivity index (χ1v) is 19.2. The number of allylic oxidation sites excluding steroid dienone is 9. The van der Waals surface area contributed by atoms with Crippen LogP contribution in [-0.4, -0.2) is 59.3 Å². The summed E-state index contributed by atoms with van der Waals surface area (Å²) in [5, 5.41) is 22.5. The van der Waals surface area contributed by atoms with Gasteiger partial charge < -0.3 is 25.6 Å². The number of unbranched alkanes of at least 4 members (excludes halogenated alkanes) is 11. The molecular formula is C41H68N2O7. The summed E-state index contributed by atoms with van der Waals surface area (Å²) in [5.41, 5.74) is 0. The molecule has 0 radical (unpaired) electrons. The number of ether oxygens (including phenoxy) is 1. The van der Waals surface area contributed by atoms with Crippen LogP contribution in [0.25, 0.3) is 0 Å². The van der Waals surface area contributed by atoms with Gasteiger partial charge in [-0.1, -0.05) is 133 Å². The van der Waals surface area contributed by atoms with Crippen molar-refractivity contribution in [3.8, 4) is 0 Å². The maximum Gasteiger partial charge on any atom is 0.328 e. The Kier molecular flexibility index (Phi) is 32.9. The third kappa shape index (κ3) is 31.8. The molecule has 0 bridgehead atoms. The van der Waals surface area contributed by atoms with Crippen LogP contribution in [0.3, 0.4) is 0 Å². The van der Waals surface area contributed by atoms with Gasteiger partial charge in [0.05, 0.1) is 13.2 Å². The van der Waals surface area contributed by atoms with Gasteiger partial charge >= 0.3 is 11.9 Å². The van der Waals surface area contributed by atoms with Crippen molar-refractivity contribution in [2.24, 2.45) is 0 Å². The molecule has 0 aromatic carbocycles. The van der Waals surface area contributed by atoms with Crippen LogP contribution in [0, 0.1) is 0 Å². The highest BCUT2D eigenvalue weighted by Crippen LogP contribution is 2.14. The van der Waals surface area contributed by atoms with Crippen LogP contribution in [-0.2, 0) is 23.9 Å². The smallest absolute Gasteiger partial charge is 0.328 e. The SMILES string of the molecule is CC/C=C\C/C=C\C/C=C\C/C=C\C/C=C\C(CCCCC(=O)NCC(=O)NC(CO)C(=O)O)OC(=O)CCCCCCCCCCCCC. The van der Waals surface area contributed by atoms with Crippen LogP contribution in [0.15, 0.2) is 60.8 Å². The molecule has 0 aliphatic carbocycles. The number of rotatable bonds is 33. The number of carboxylic acids is 1.